The second kappa shape index (κ2) is 8.66. The maximum absolute atomic E-state index is 13.2. The third-order valence-electron chi connectivity index (χ3n) is 5.52. The summed E-state index contributed by atoms with van der Waals surface area (Å²) in [7, 11) is 0. The Morgan fingerprint density at radius 2 is 1.79 bits per heavy atom. The molecule has 2 heterocycles. The summed E-state index contributed by atoms with van der Waals surface area (Å²) in [5.41, 5.74) is 5.46. The van der Waals surface area contributed by atoms with Gasteiger partial charge in [-0.25, -0.2) is 0 Å². The van der Waals surface area contributed by atoms with Crippen LogP contribution < -0.4 is 11.1 Å². The summed E-state index contributed by atoms with van der Waals surface area (Å²) in [5.74, 6) is -0.389. The SMILES string of the molecule is CC(Cc1ccc(O)cc1)(NC(=O)c1ccc2ncccc2c1)c1ncc(C(F)(F)F)cc1N. The zero-order valence-corrected chi connectivity index (χ0v) is 18.1. The number of fused-ring (bicyclic) bond motifs is 1. The number of hydrogen-bond donors (Lipinski definition) is 3. The number of pyridine rings is 2. The first-order valence-electron chi connectivity index (χ1n) is 10.3. The lowest BCUT2D eigenvalue weighted by atomic mass is 9.87. The summed E-state index contributed by atoms with van der Waals surface area (Å²) in [4.78, 5) is 21.5. The van der Waals surface area contributed by atoms with E-state index in [0.717, 1.165) is 17.0 Å². The van der Waals surface area contributed by atoms with E-state index in [1.54, 1.807) is 49.5 Å². The van der Waals surface area contributed by atoms with Crippen molar-refractivity contribution in [3.8, 4) is 5.75 Å². The Labute approximate surface area is 193 Å². The summed E-state index contributed by atoms with van der Waals surface area (Å²) < 4.78 is 39.4. The first-order chi connectivity index (χ1) is 16.0. The fourth-order valence-corrected chi connectivity index (χ4v) is 3.85. The zero-order valence-electron chi connectivity index (χ0n) is 18.1. The molecule has 4 rings (SSSR count). The van der Waals surface area contributed by atoms with Crippen molar-refractivity contribution < 1.29 is 23.1 Å². The van der Waals surface area contributed by atoms with Gasteiger partial charge in [0.15, 0.2) is 0 Å². The number of nitrogen functional groups attached to an aromatic ring is 1. The van der Waals surface area contributed by atoms with Crippen molar-refractivity contribution in [2.75, 3.05) is 5.73 Å². The molecule has 0 saturated carbocycles. The molecule has 4 N–H and O–H groups in total. The van der Waals surface area contributed by atoms with E-state index in [-0.39, 0.29) is 23.6 Å². The van der Waals surface area contributed by atoms with Gasteiger partial charge in [-0.3, -0.25) is 14.8 Å². The number of benzene rings is 2. The first kappa shape index (κ1) is 23.0. The van der Waals surface area contributed by atoms with Gasteiger partial charge in [-0.15, -0.1) is 0 Å². The Morgan fingerprint density at radius 3 is 2.47 bits per heavy atom. The predicted octanol–water partition coefficient (Wildman–Crippen LogP) is 4.82. The number of carbonyl (C=O) groups is 1. The Hall–Kier alpha value is -4.14. The van der Waals surface area contributed by atoms with Gasteiger partial charge in [-0.05, 0) is 55.0 Å². The molecule has 0 spiro atoms. The van der Waals surface area contributed by atoms with Crippen molar-refractivity contribution in [1.82, 2.24) is 15.3 Å². The third-order valence-corrected chi connectivity index (χ3v) is 5.52. The van der Waals surface area contributed by atoms with Crippen LogP contribution in [-0.2, 0) is 18.1 Å². The quantitative estimate of drug-likeness (QED) is 0.391. The molecule has 174 valence electrons. The van der Waals surface area contributed by atoms with E-state index in [2.05, 4.69) is 15.3 Å². The van der Waals surface area contributed by atoms with Crippen molar-refractivity contribution in [2.45, 2.75) is 25.1 Å². The number of alkyl halides is 3. The van der Waals surface area contributed by atoms with Crippen LogP contribution in [0.25, 0.3) is 10.9 Å². The number of carbonyl (C=O) groups excluding carboxylic acids is 1. The fraction of sp³-hybridized carbons (Fsp3) is 0.160. The van der Waals surface area contributed by atoms with Gasteiger partial charge in [0.2, 0.25) is 0 Å². The Bertz CT molecular complexity index is 1360. The van der Waals surface area contributed by atoms with E-state index in [9.17, 15) is 23.1 Å². The summed E-state index contributed by atoms with van der Waals surface area (Å²) in [6.07, 6.45) is -2.09. The molecule has 9 heteroatoms. The molecule has 1 unspecified atom stereocenters. The smallest absolute Gasteiger partial charge is 0.417 e. The van der Waals surface area contributed by atoms with E-state index in [1.165, 1.54) is 12.1 Å². The van der Waals surface area contributed by atoms with Gasteiger partial charge >= 0.3 is 6.18 Å². The number of nitrogens with zero attached hydrogens (tertiary/aromatic N) is 2. The van der Waals surface area contributed by atoms with Crippen LogP contribution in [0.3, 0.4) is 0 Å². The molecule has 34 heavy (non-hydrogen) atoms. The minimum atomic E-state index is -4.60. The molecule has 6 nitrogen and oxygen atoms in total. The van der Waals surface area contributed by atoms with E-state index < -0.39 is 23.2 Å². The van der Waals surface area contributed by atoms with E-state index in [4.69, 9.17) is 5.73 Å². The summed E-state index contributed by atoms with van der Waals surface area (Å²) in [6, 6.07) is 15.7. The van der Waals surface area contributed by atoms with Crippen molar-refractivity contribution in [3.05, 3.63) is 95.4 Å². The molecular weight excluding hydrogens is 445 g/mol. The largest absolute Gasteiger partial charge is 0.508 e. The molecule has 0 aliphatic carbocycles. The molecule has 0 bridgehead atoms. The maximum Gasteiger partial charge on any atom is 0.417 e. The number of nitrogens with one attached hydrogen (secondary N) is 1. The number of nitrogens with two attached hydrogens (primary N) is 1. The average Bonchev–Trinajstić information content (AvgIpc) is 2.79. The molecule has 0 saturated heterocycles. The zero-order chi connectivity index (χ0) is 24.5. The average molecular weight is 466 g/mol. The lowest BCUT2D eigenvalue weighted by molar-refractivity contribution is -0.137. The summed E-state index contributed by atoms with van der Waals surface area (Å²) in [5, 5.41) is 13.3. The van der Waals surface area contributed by atoms with Crippen LogP contribution in [0.2, 0.25) is 0 Å². The lowest BCUT2D eigenvalue weighted by Gasteiger charge is -2.32. The van der Waals surface area contributed by atoms with Crippen LogP contribution in [0.5, 0.6) is 5.75 Å². The number of phenolic OH excluding ortho intramolecular Hbond substituents is 1. The second-order valence-corrected chi connectivity index (χ2v) is 8.20. The highest BCUT2D eigenvalue weighted by molar-refractivity contribution is 5.98. The van der Waals surface area contributed by atoms with Crippen molar-refractivity contribution in [1.29, 1.82) is 0 Å². The standard InChI is InChI=1S/C25H21F3N4O2/c1-24(13-15-4-7-19(33)8-5-15,22-20(29)12-18(14-31-22)25(26,27)28)32-23(34)17-6-9-21-16(11-17)3-2-10-30-21/h2-12,14,33H,13,29H2,1H3,(H,32,34). The number of amides is 1. The molecule has 0 radical (unpaired) electrons. The third kappa shape index (κ3) is 4.78. The van der Waals surface area contributed by atoms with Crippen LogP contribution >= 0.6 is 0 Å². The van der Waals surface area contributed by atoms with Crippen LogP contribution in [-0.4, -0.2) is 21.0 Å². The van der Waals surface area contributed by atoms with Gasteiger partial charge in [-0.1, -0.05) is 18.2 Å². The normalized spacial score (nSPS) is 13.4. The van der Waals surface area contributed by atoms with E-state index >= 15 is 0 Å². The highest BCUT2D eigenvalue weighted by Crippen LogP contribution is 2.34. The number of aromatic hydroxyl groups is 1. The molecule has 0 aliphatic rings. The number of rotatable bonds is 5. The van der Waals surface area contributed by atoms with Crippen molar-refractivity contribution in [2.24, 2.45) is 0 Å². The van der Waals surface area contributed by atoms with Crippen LogP contribution in [0, 0.1) is 0 Å². The highest BCUT2D eigenvalue weighted by Gasteiger charge is 2.36. The summed E-state index contributed by atoms with van der Waals surface area (Å²) in [6.45, 7) is 1.65. The predicted molar refractivity (Wildman–Crippen MR) is 122 cm³/mol. The lowest BCUT2D eigenvalue weighted by Crippen LogP contribution is -2.46. The molecule has 2 aromatic carbocycles. The molecule has 1 amide bonds. The maximum atomic E-state index is 13.2. The number of aromatic nitrogens is 2. The highest BCUT2D eigenvalue weighted by atomic mass is 19.4. The fourth-order valence-electron chi connectivity index (χ4n) is 3.85. The number of phenols is 1. The molecular formula is C25H21F3N4O2. The number of hydrogen-bond acceptors (Lipinski definition) is 5. The van der Waals surface area contributed by atoms with Gasteiger partial charge in [0.05, 0.1) is 28.0 Å². The van der Waals surface area contributed by atoms with Gasteiger partial charge in [0.25, 0.3) is 5.91 Å². The minimum absolute atomic E-state index is 0.0615. The topological polar surface area (TPSA) is 101 Å². The Morgan fingerprint density at radius 1 is 1.06 bits per heavy atom. The van der Waals surface area contributed by atoms with Gasteiger partial charge < -0.3 is 16.2 Å². The van der Waals surface area contributed by atoms with Gasteiger partial charge in [-0.2, -0.15) is 13.2 Å². The van der Waals surface area contributed by atoms with Crippen molar-refractivity contribution in [3.63, 3.8) is 0 Å². The van der Waals surface area contributed by atoms with Crippen LogP contribution in [0.1, 0.15) is 34.1 Å². The number of halogens is 3. The van der Waals surface area contributed by atoms with Gasteiger partial charge in [0, 0.05) is 29.8 Å². The second-order valence-electron chi connectivity index (χ2n) is 8.20. The molecule has 4 aromatic rings. The van der Waals surface area contributed by atoms with Crippen molar-refractivity contribution >= 4 is 22.5 Å². The van der Waals surface area contributed by atoms with E-state index in [1.807, 2.05) is 6.07 Å². The van der Waals surface area contributed by atoms with Crippen LogP contribution in [0.4, 0.5) is 18.9 Å². The minimum Gasteiger partial charge on any atom is -0.508 e. The first-order valence-corrected chi connectivity index (χ1v) is 10.3. The van der Waals surface area contributed by atoms with Gasteiger partial charge in [0.1, 0.15) is 5.75 Å². The number of anilines is 1. The molecule has 0 aliphatic heterocycles. The monoisotopic (exact) mass is 466 g/mol. The Balaban J connectivity index is 1.73. The molecule has 1 atom stereocenters. The van der Waals surface area contributed by atoms with Crippen LogP contribution in [0.15, 0.2) is 73.1 Å². The summed E-state index contributed by atoms with van der Waals surface area (Å²) >= 11 is 0. The molecule has 0 fully saturated rings. The Kier molecular flexibility index (Phi) is 5.87. The molecule has 2 aromatic heterocycles. The van der Waals surface area contributed by atoms with E-state index in [0.29, 0.717) is 17.3 Å².